The zero-order valence-corrected chi connectivity index (χ0v) is 12.6. The fourth-order valence-corrected chi connectivity index (χ4v) is 2.90. The van der Waals surface area contributed by atoms with E-state index in [1.54, 1.807) is 0 Å². The van der Waals surface area contributed by atoms with Gasteiger partial charge in [-0.3, -0.25) is 9.88 Å². The maximum Gasteiger partial charge on any atom is 0.0992 e. The predicted octanol–water partition coefficient (Wildman–Crippen LogP) is 3.03. The van der Waals surface area contributed by atoms with E-state index in [9.17, 15) is 0 Å². The van der Waals surface area contributed by atoms with Crippen LogP contribution in [-0.4, -0.2) is 29.0 Å². The van der Waals surface area contributed by atoms with Gasteiger partial charge in [-0.15, -0.1) is 0 Å². The number of nitriles is 1. The highest BCUT2D eigenvalue weighted by atomic mass is 15.1. The molecule has 0 aliphatic carbocycles. The molecule has 2 heterocycles. The van der Waals surface area contributed by atoms with Gasteiger partial charge in [-0.1, -0.05) is 12.1 Å². The summed E-state index contributed by atoms with van der Waals surface area (Å²) in [5.41, 5.74) is 3.03. The lowest BCUT2D eigenvalue weighted by molar-refractivity contribution is 0.211. The van der Waals surface area contributed by atoms with Gasteiger partial charge in [0.2, 0.25) is 0 Å². The number of anilines is 1. The molecule has 1 fully saturated rings. The zero-order chi connectivity index (χ0) is 15.2. The van der Waals surface area contributed by atoms with E-state index in [1.165, 1.54) is 5.56 Å². The molecule has 1 saturated heterocycles. The first-order valence-corrected chi connectivity index (χ1v) is 7.71. The Hall–Kier alpha value is -2.38. The van der Waals surface area contributed by atoms with Crippen LogP contribution in [0, 0.1) is 11.3 Å². The van der Waals surface area contributed by atoms with Crippen molar-refractivity contribution in [1.82, 2.24) is 9.88 Å². The van der Waals surface area contributed by atoms with Gasteiger partial charge >= 0.3 is 0 Å². The van der Waals surface area contributed by atoms with E-state index in [1.807, 2.05) is 42.7 Å². The highest BCUT2D eigenvalue weighted by Crippen LogP contribution is 2.18. The molecule has 1 aromatic heterocycles. The van der Waals surface area contributed by atoms with Crippen molar-refractivity contribution in [1.29, 1.82) is 5.26 Å². The largest absolute Gasteiger partial charge is 0.382 e. The van der Waals surface area contributed by atoms with E-state index in [4.69, 9.17) is 5.26 Å². The molecule has 1 aliphatic rings. The number of rotatable bonds is 4. The van der Waals surface area contributed by atoms with E-state index in [0.717, 1.165) is 38.2 Å². The summed E-state index contributed by atoms with van der Waals surface area (Å²) >= 11 is 0. The fourth-order valence-electron chi connectivity index (χ4n) is 2.90. The third-order valence-electron chi connectivity index (χ3n) is 4.08. The summed E-state index contributed by atoms with van der Waals surface area (Å²) in [4.78, 5) is 6.65. The predicted molar refractivity (Wildman–Crippen MR) is 87.3 cm³/mol. The molecule has 112 valence electrons. The SMILES string of the molecule is N#Cc1cccc(NC2CCN(Cc3cccnc3)CC2)c1. The number of aromatic nitrogens is 1. The van der Waals surface area contributed by atoms with Crippen LogP contribution in [-0.2, 0) is 6.54 Å². The van der Waals surface area contributed by atoms with E-state index in [2.05, 4.69) is 27.3 Å². The molecular weight excluding hydrogens is 272 g/mol. The first-order valence-electron chi connectivity index (χ1n) is 7.71. The standard InChI is InChI=1S/C18H20N4/c19-12-15-3-1-5-18(11-15)21-17-6-9-22(10-7-17)14-16-4-2-8-20-13-16/h1-5,8,11,13,17,21H,6-7,9-10,14H2. The molecule has 4 nitrogen and oxygen atoms in total. The highest BCUT2D eigenvalue weighted by Gasteiger charge is 2.19. The Morgan fingerprint density at radius 3 is 2.82 bits per heavy atom. The van der Waals surface area contributed by atoms with Crippen LogP contribution in [0.4, 0.5) is 5.69 Å². The molecule has 0 amide bonds. The summed E-state index contributed by atoms with van der Waals surface area (Å²) < 4.78 is 0. The van der Waals surface area contributed by atoms with Crippen LogP contribution in [0.15, 0.2) is 48.8 Å². The topological polar surface area (TPSA) is 52.0 Å². The number of pyridine rings is 1. The van der Waals surface area contributed by atoms with Crippen molar-refractivity contribution < 1.29 is 0 Å². The van der Waals surface area contributed by atoms with Gasteiger partial charge in [0, 0.05) is 43.8 Å². The van der Waals surface area contributed by atoms with Crippen LogP contribution in [0.2, 0.25) is 0 Å². The van der Waals surface area contributed by atoms with Crippen molar-refractivity contribution in [2.45, 2.75) is 25.4 Å². The summed E-state index contributed by atoms with van der Waals surface area (Å²) in [7, 11) is 0. The second kappa shape index (κ2) is 7.06. The Labute approximate surface area is 131 Å². The van der Waals surface area contributed by atoms with Gasteiger partial charge < -0.3 is 5.32 Å². The van der Waals surface area contributed by atoms with Crippen LogP contribution < -0.4 is 5.32 Å². The summed E-state index contributed by atoms with van der Waals surface area (Å²) in [6.45, 7) is 3.15. The average Bonchev–Trinajstić information content (AvgIpc) is 2.58. The average molecular weight is 292 g/mol. The third-order valence-corrected chi connectivity index (χ3v) is 4.08. The van der Waals surface area contributed by atoms with E-state index in [-0.39, 0.29) is 0 Å². The normalized spacial score (nSPS) is 16.1. The second-order valence-electron chi connectivity index (χ2n) is 5.75. The number of hydrogen-bond donors (Lipinski definition) is 1. The Bertz CT molecular complexity index is 640. The molecular formula is C18H20N4. The van der Waals surface area contributed by atoms with Gasteiger partial charge in [0.25, 0.3) is 0 Å². The number of hydrogen-bond acceptors (Lipinski definition) is 4. The lowest BCUT2D eigenvalue weighted by Gasteiger charge is -2.32. The van der Waals surface area contributed by atoms with Gasteiger partial charge in [-0.05, 0) is 42.7 Å². The van der Waals surface area contributed by atoms with Crippen molar-refractivity contribution >= 4 is 5.69 Å². The quantitative estimate of drug-likeness (QED) is 0.941. The molecule has 1 aliphatic heterocycles. The molecule has 0 spiro atoms. The molecule has 0 unspecified atom stereocenters. The lowest BCUT2D eigenvalue weighted by Crippen LogP contribution is -2.38. The number of nitrogens with zero attached hydrogens (tertiary/aromatic N) is 3. The van der Waals surface area contributed by atoms with Gasteiger partial charge in [-0.2, -0.15) is 5.26 Å². The van der Waals surface area contributed by atoms with Crippen molar-refractivity contribution in [3.05, 3.63) is 59.9 Å². The third kappa shape index (κ3) is 3.84. The number of piperidine rings is 1. The van der Waals surface area contributed by atoms with Crippen LogP contribution in [0.3, 0.4) is 0 Å². The minimum Gasteiger partial charge on any atom is -0.382 e. The molecule has 0 atom stereocenters. The van der Waals surface area contributed by atoms with Gasteiger partial charge in [-0.25, -0.2) is 0 Å². The lowest BCUT2D eigenvalue weighted by atomic mass is 10.0. The fraction of sp³-hybridized carbons (Fsp3) is 0.333. The Morgan fingerprint density at radius 1 is 1.23 bits per heavy atom. The summed E-state index contributed by atoms with van der Waals surface area (Å²) in [6, 6.07) is 14.5. The molecule has 3 rings (SSSR count). The summed E-state index contributed by atoms with van der Waals surface area (Å²) in [5.74, 6) is 0. The number of nitrogens with one attached hydrogen (secondary N) is 1. The van der Waals surface area contributed by atoms with Gasteiger partial charge in [0.15, 0.2) is 0 Å². The van der Waals surface area contributed by atoms with Crippen molar-refractivity contribution in [2.75, 3.05) is 18.4 Å². The molecule has 1 aromatic carbocycles. The van der Waals surface area contributed by atoms with Crippen molar-refractivity contribution in [3.63, 3.8) is 0 Å². The minimum atomic E-state index is 0.485. The van der Waals surface area contributed by atoms with Gasteiger partial charge in [0.1, 0.15) is 0 Å². The number of likely N-dealkylation sites (tertiary alicyclic amines) is 1. The molecule has 4 heteroatoms. The maximum absolute atomic E-state index is 8.95. The van der Waals surface area contributed by atoms with E-state index >= 15 is 0 Å². The van der Waals surface area contributed by atoms with Crippen molar-refractivity contribution in [2.24, 2.45) is 0 Å². The Morgan fingerprint density at radius 2 is 2.09 bits per heavy atom. The van der Waals surface area contributed by atoms with E-state index < -0.39 is 0 Å². The molecule has 0 saturated carbocycles. The van der Waals surface area contributed by atoms with E-state index in [0.29, 0.717) is 11.6 Å². The first-order chi connectivity index (χ1) is 10.8. The highest BCUT2D eigenvalue weighted by molar-refractivity contribution is 5.49. The molecule has 1 N–H and O–H groups in total. The zero-order valence-electron chi connectivity index (χ0n) is 12.6. The smallest absolute Gasteiger partial charge is 0.0992 e. The van der Waals surface area contributed by atoms with Crippen LogP contribution >= 0.6 is 0 Å². The molecule has 2 aromatic rings. The second-order valence-corrected chi connectivity index (χ2v) is 5.75. The summed E-state index contributed by atoms with van der Waals surface area (Å²) in [5, 5.41) is 12.5. The maximum atomic E-state index is 8.95. The Kier molecular flexibility index (Phi) is 4.67. The molecule has 0 radical (unpaired) electrons. The molecule has 0 bridgehead atoms. The Balaban J connectivity index is 1.50. The summed E-state index contributed by atoms with van der Waals surface area (Å²) in [6.07, 6.45) is 6.00. The monoisotopic (exact) mass is 292 g/mol. The van der Waals surface area contributed by atoms with Crippen molar-refractivity contribution in [3.8, 4) is 6.07 Å². The van der Waals surface area contributed by atoms with Crippen LogP contribution in [0.25, 0.3) is 0 Å². The van der Waals surface area contributed by atoms with Crippen LogP contribution in [0.1, 0.15) is 24.0 Å². The van der Waals surface area contributed by atoms with Gasteiger partial charge in [0.05, 0.1) is 11.6 Å². The molecule has 22 heavy (non-hydrogen) atoms. The van der Waals surface area contributed by atoms with Crippen LogP contribution in [0.5, 0.6) is 0 Å². The first kappa shape index (κ1) is 14.6. The number of benzene rings is 1. The minimum absolute atomic E-state index is 0.485.